The molecule has 0 bridgehead atoms. The highest BCUT2D eigenvalue weighted by atomic mass is 32.2. The Balaban J connectivity index is 1.54. The van der Waals surface area contributed by atoms with E-state index in [-0.39, 0.29) is 17.2 Å². The number of rotatable bonds is 7. The van der Waals surface area contributed by atoms with Crippen LogP contribution in [0.2, 0.25) is 0 Å². The SMILES string of the molecule is CCCS(=O)(=O)N1CCC2(CC1)OCCC2CCOc1ncccc1F. The van der Waals surface area contributed by atoms with E-state index in [1.807, 2.05) is 6.92 Å². The van der Waals surface area contributed by atoms with E-state index in [1.165, 1.54) is 18.3 Å². The molecule has 8 heteroatoms. The summed E-state index contributed by atoms with van der Waals surface area (Å²) in [5.74, 6) is 0.0684. The van der Waals surface area contributed by atoms with Crippen molar-refractivity contribution in [3.63, 3.8) is 0 Å². The molecule has 2 aliphatic heterocycles. The smallest absolute Gasteiger partial charge is 0.250 e. The largest absolute Gasteiger partial charge is 0.476 e. The summed E-state index contributed by atoms with van der Waals surface area (Å²) in [5, 5.41) is 0. The first-order chi connectivity index (χ1) is 12.5. The van der Waals surface area contributed by atoms with E-state index in [0.29, 0.717) is 51.5 Å². The fraction of sp³-hybridized carbons (Fsp3) is 0.722. The lowest BCUT2D eigenvalue weighted by Crippen LogP contribution is -2.50. The molecule has 1 aromatic heterocycles. The van der Waals surface area contributed by atoms with Crippen LogP contribution >= 0.6 is 0 Å². The number of hydrogen-bond acceptors (Lipinski definition) is 5. The standard InChI is InChI=1S/C18H27FN2O4S/c1-2-14-26(22,23)21-10-7-18(8-11-21)15(6-13-25-18)5-12-24-17-16(19)4-3-9-20-17/h3-4,9,15H,2,5-8,10-14H2,1H3. The van der Waals surface area contributed by atoms with Crippen molar-refractivity contribution in [3.8, 4) is 5.88 Å². The van der Waals surface area contributed by atoms with Crippen molar-refractivity contribution in [2.75, 3.05) is 32.1 Å². The molecular formula is C18H27FN2O4S. The zero-order valence-electron chi connectivity index (χ0n) is 15.2. The van der Waals surface area contributed by atoms with Crippen LogP contribution in [0.25, 0.3) is 0 Å². The second kappa shape index (κ2) is 8.19. The summed E-state index contributed by atoms with van der Waals surface area (Å²) < 4.78 is 51.3. The van der Waals surface area contributed by atoms with Crippen LogP contribution in [0.15, 0.2) is 18.3 Å². The Bertz CT molecular complexity index is 705. The number of nitrogens with zero attached hydrogens (tertiary/aromatic N) is 2. The molecule has 2 fully saturated rings. The van der Waals surface area contributed by atoms with Crippen molar-refractivity contribution >= 4 is 10.0 Å². The molecule has 3 heterocycles. The molecule has 0 aliphatic carbocycles. The average Bonchev–Trinajstić information content (AvgIpc) is 2.99. The highest BCUT2D eigenvalue weighted by Gasteiger charge is 2.47. The van der Waals surface area contributed by atoms with Gasteiger partial charge in [0.25, 0.3) is 0 Å². The van der Waals surface area contributed by atoms with Crippen LogP contribution in [0.3, 0.4) is 0 Å². The second-order valence-corrected chi connectivity index (χ2v) is 9.13. The summed E-state index contributed by atoms with van der Waals surface area (Å²) in [6, 6.07) is 2.86. The Hall–Kier alpha value is -1.25. The van der Waals surface area contributed by atoms with Gasteiger partial charge in [-0.1, -0.05) is 6.92 Å². The van der Waals surface area contributed by atoms with Crippen molar-refractivity contribution < 1.29 is 22.3 Å². The minimum Gasteiger partial charge on any atom is -0.476 e. The van der Waals surface area contributed by atoms with E-state index in [0.717, 1.165) is 12.8 Å². The highest BCUT2D eigenvalue weighted by Crippen LogP contribution is 2.42. The van der Waals surface area contributed by atoms with Gasteiger partial charge in [0.15, 0.2) is 5.82 Å². The normalized spacial score (nSPS) is 23.4. The number of halogens is 1. The van der Waals surface area contributed by atoms with Crippen LogP contribution in [-0.4, -0.2) is 55.4 Å². The molecule has 1 aromatic rings. The summed E-state index contributed by atoms with van der Waals surface area (Å²) in [4.78, 5) is 3.90. The van der Waals surface area contributed by atoms with Crippen molar-refractivity contribution in [1.82, 2.24) is 9.29 Å². The van der Waals surface area contributed by atoms with Gasteiger partial charge in [-0.3, -0.25) is 0 Å². The van der Waals surface area contributed by atoms with E-state index in [9.17, 15) is 12.8 Å². The van der Waals surface area contributed by atoms with Crippen molar-refractivity contribution in [2.45, 2.75) is 44.6 Å². The number of ether oxygens (including phenoxy) is 2. The van der Waals surface area contributed by atoms with Crippen LogP contribution in [-0.2, 0) is 14.8 Å². The van der Waals surface area contributed by atoms with Gasteiger partial charge in [-0.05, 0) is 50.2 Å². The molecule has 2 saturated heterocycles. The molecule has 0 N–H and O–H groups in total. The maximum atomic E-state index is 13.6. The molecule has 0 radical (unpaired) electrons. The van der Waals surface area contributed by atoms with Gasteiger partial charge in [-0.15, -0.1) is 0 Å². The summed E-state index contributed by atoms with van der Waals surface area (Å²) in [5.41, 5.74) is -0.274. The minimum absolute atomic E-state index is 0.0287. The van der Waals surface area contributed by atoms with Crippen LogP contribution in [0.1, 0.15) is 39.0 Å². The predicted octanol–water partition coefficient (Wildman–Crippen LogP) is 2.60. The monoisotopic (exact) mass is 386 g/mol. The van der Waals surface area contributed by atoms with Crippen molar-refractivity contribution in [1.29, 1.82) is 0 Å². The fourth-order valence-electron chi connectivity index (χ4n) is 4.05. The molecule has 0 saturated carbocycles. The van der Waals surface area contributed by atoms with E-state index in [2.05, 4.69) is 4.98 Å². The molecule has 2 aliphatic rings. The Morgan fingerprint density at radius 3 is 2.88 bits per heavy atom. The highest BCUT2D eigenvalue weighted by molar-refractivity contribution is 7.89. The summed E-state index contributed by atoms with van der Waals surface area (Å²) in [6.45, 7) is 3.96. The lowest BCUT2D eigenvalue weighted by molar-refractivity contribution is -0.0589. The molecule has 1 unspecified atom stereocenters. The average molecular weight is 386 g/mol. The lowest BCUT2D eigenvalue weighted by Gasteiger charge is -2.41. The quantitative estimate of drug-likeness (QED) is 0.720. The number of hydrogen-bond donors (Lipinski definition) is 0. The molecule has 146 valence electrons. The minimum atomic E-state index is -3.15. The second-order valence-electron chi connectivity index (χ2n) is 7.04. The zero-order chi connectivity index (χ0) is 18.6. The van der Waals surface area contributed by atoms with Crippen molar-refractivity contribution in [3.05, 3.63) is 24.1 Å². The molecule has 3 rings (SSSR count). The number of aromatic nitrogens is 1. The Kier molecular flexibility index (Phi) is 6.14. The van der Waals surface area contributed by atoms with E-state index >= 15 is 0 Å². The number of pyridine rings is 1. The van der Waals surface area contributed by atoms with Crippen molar-refractivity contribution in [2.24, 2.45) is 5.92 Å². The first-order valence-corrected chi connectivity index (χ1v) is 10.9. The van der Waals surface area contributed by atoms with Gasteiger partial charge in [0.05, 0.1) is 18.0 Å². The van der Waals surface area contributed by atoms with Gasteiger partial charge in [0.2, 0.25) is 15.9 Å². The maximum absolute atomic E-state index is 13.6. The van der Waals surface area contributed by atoms with Crippen LogP contribution in [0.4, 0.5) is 4.39 Å². The van der Waals surface area contributed by atoms with Crippen LogP contribution in [0.5, 0.6) is 5.88 Å². The number of sulfonamides is 1. The molecule has 0 amide bonds. The molecule has 6 nitrogen and oxygen atoms in total. The third-order valence-corrected chi connectivity index (χ3v) is 7.53. The van der Waals surface area contributed by atoms with E-state index in [1.54, 1.807) is 4.31 Å². The van der Waals surface area contributed by atoms with Crippen LogP contribution in [0, 0.1) is 11.7 Å². The van der Waals surface area contributed by atoms with Gasteiger partial charge in [-0.25, -0.2) is 22.1 Å². The third-order valence-electron chi connectivity index (χ3n) is 5.45. The molecule has 1 spiro atoms. The van der Waals surface area contributed by atoms with Gasteiger partial charge in [0, 0.05) is 25.9 Å². The topological polar surface area (TPSA) is 68.7 Å². The Labute approximate surface area is 154 Å². The lowest BCUT2D eigenvalue weighted by atomic mass is 9.78. The third kappa shape index (κ3) is 4.18. The maximum Gasteiger partial charge on any atom is 0.250 e. The summed E-state index contributed by atoms with van der Waals surface area (Å²) >= 11 is 0. The fourth-order valence-corrected chi connectivity index (χ4v) is 5.56. The molecule has 0 aromatic carbocycles. The Morgan fingerprint density at radius 2 is 2.19 bits per heavy atom. The summed E-state index contributed by atoms with van der Waals surface area (Å²) in [6.07, 6.45) is 5.22. The first kappa shape index (κ1) is 19.5. The first-order valence-electron chi connectivity index (χ1n) is 9.32. The van der Waals surface area contributed by atoms with Gasteiger partial charge in [0.1, 0.15) is 0 Å². The molecule has 1 atom stereocenters. The zero-order valence-corrected chi connectivity index (χ0v) is 16.0. The Morgan fingerprint density at radius 1 is 1.42 bits per heavy atom. The van der Waals surface area contributed by atoms with E-state index < -0.39 is 15.8 Å². The molecule has 26 heavy (non-hydrogen) atoms. The predicted molar refractivity (Wildman–Crippen MR) is 96.0 cm³/mol. The molecular weight excluding hydrogens is 359 g/mol. The van der Waals surface area contributed by atoms with Gasteiger partial charge < -0.3 is 9.47 Å². The van der Waals surface area contributed by atoms with E-state index in [4.69, 9.17) is 9.47 Å². The van der Waals surface area contributed by atoms with Crippen LogP contribution < -0.4 is 4.74 Å². The van der Waals surface area contributed by atoms with Gasteiger partial charge >= 0.3 is 0 Å². The number of piperidine rings is 1. The van der Waals surface area contributed by atoms with Gasteiger partial charge in [-0.2, -0.15) is 0 Å². The summed E-state index contributed by atoms with van der Waals surface area (Å²) in [7, 11) is -3.15.